The predicted octanol–water partition coefficient (Wildman–Crippen LogP) is 4.81. The van der Waals surface area contributed by atoms with Gasteiger partial charge in [-0.1, -0.05) is 48.5 Å². The standard InChI is InChI=1S/C24H17NO4/c1-28-23(26)16-12-10-15(11-13-16)21-14-17-6-2-5-9-20(17)25(21)22-18-7-3-4-8-19(18)24(27)29-22/h2-14,22H,1H3. The van der Waals surface area contributed by atoms with E-state index >= 15 is 0 Å². The Morgan fingerprint density at radius 1 is 0.966 bits per heavy atom. The first kappa shape index (κ1) is 17.3. The summed E-state index contributed by atoms with van der Waals surface area (Å²) in [4.78, 5) is 24.2. The zero-order valence-electron chi connectivity index (χ0n) is 15.7. The molecule has 1 aliphatic rings. The van der Waals surface area contributed by atoms with Gasteiger partial charge in [-0.2, -0.15) is 0 Å². The number of benzene rings is 3. The molecule has 0 aliphatic carbocycles. The van der Waals surface area contributed by atoms with Crippen LogP contribution < -0.4 is 0 Å². The van der Waals surface area contributed by atoms with Crippen LogP contribution in [-0.2, 0) is 9.47 Å². The normalized spacial score (nSPS) is 15.2. The maximum atomic E-state index is 12.4. The number of fused-ring (bicyclic) bond motifs is 2. The molecule has 142 valence electrons. The van der Waals surface area contributed by atoms with Crippen LogP contribution in [0.2, 0.25) is 0 Å². The first-order valence-corrected chi connectivity index (χ1v) is 9.26. The second kappa shape index (κ2) is 6.63. The number of hydrogen-bond acceptors (Lipinski definition) is 4. The van der Waals surface area contributed by atoms with E-state index in [9.17, 15) is 9.59 Å². The van der Waals surface area contributed by atoms with Crippen LogP contribution in [-0.4, -0.2) is 23.6 Å². The van der Waals surface area contributed by atoms with Crippen molar-refractivity contribution in [2.75, 3.05) is 7.11 Å². The molecule has 5 heteroatoms. The van der Waals surface area contributed by atoms with Crippen LogP contribution in [0, 0.1) is 0 Å². The molecule has 3 aromatic carbocycles. The van der Waals surface area contributed by atoms with Crippen molar-refractivity contribution in [3.8, 4) is 11.3 Å². The van der Waals surface area contributed by atoms with Crippen LogP contribution in [0.15, 0.2) is 78.9 Å². The molecule has 0 amide bonds. The molecule has 0 saturated heterocycles. The van der Waals surface area contributed by atoms with Crippen LogP contribution in [0.25, 0.3) is 22.2 Å². The maximum absolute atomic E-state index is 12.4. The van der Waals surface area contributed by atoms with Gasteiger partial charge >= 0.3 is 11.9 Å². The van der Waals surface area contributed by atoms with Crippen LogP contribution >= 0.6 is 0 Å². The van der Waals surface area contributed by atoms with Crippen molar-refractivity contribution in [3.05, 3.63) is 95.6 Å². The highest BCUT2D eigenvalue weighted by Crippen LogP contribution is 2.39. The molecule has 0 bridgehead atoms. The van der Waals surface area contributed by atoms with Gasteiger partial charge in [0, 0.05) is 10.9 Å². The SMILES string of the molecule is COC(=O)c1ccc(-c2cc3ccccc3n2C2OC(=O)c3ccccc32)cc1. The molecule has 4 aromatic rings. The molecule has 2 heterocycles. The zero-order chi connectivity index (χ0) is 20.0. The lowest BCUT2D eigenvalue weighted by Gasteiger charge is -2.18. The largest absolute Gasteiger partial charge is 0.465 e. The van der Waals surface area contributed by atoms with E-state index < -0.39 is 6.23 Å². The first-order valence-electron chi connectivity index (χ1n) is 9.26. The van der Waals surface area contributed by atoms with Gasteiger partial charge < -0.3 is 14.0 Å². The molecule has 1 unspecified atom stereocenters. The molecule has 5 nitrogen and oxygen atoms in total. The Bertz CT molecular complexity index is 1250. The van der Waals surface area contributed by atoms with E-state index in [0.717, 1.165) is 27.7 Å². The topological polar surface area (TPSA) is 57.5 Å². The van der Waals surface area contributed by atoms with Crippen LogP contribution in [0.5, 0.6) is 0 Å². The summed E-state index contributed by atoms with van der Waals surface area (Å²) in [5, 5.41) is 1.04. The fraction of sp³-hybridized carbons (Fsp3) is 0.0833. The maximum Gasteiger partial charge on any atom is 0.340 e. The summed E-state index contributed by atoms with van der Waals surface area (Å²) in [6.45, 7) is 0. The molecule has 29 heavy (non-hydrogen) atoms. The average molecular weight is 383 g/mol. The van der Waals surface area contributed by atoms with E-state index in [1.165, 1.54) is 7.11 Å². The van der Waals surface area contributed by atoms with E-state index in [-0.39, 0.29) is 11.9 Å². The van der Waals surface area contributed by atoms with Crippen molar-refractivity contribution in [2.45, 2.75) is 6.23 Å². The van der Waals surface area contributed by atoms with Gasteiger partial charge in [0.1, 0.15) is 0 Å². The summed E-state index contributed by atoms with van der Waals surface area (Å²) < 4.78 is 12.6. The van der Waals surface area contributed by atoms with Crippen molar-refractivity contribution in [1.29, 1.82) is 0 Å². The van der Waals surface area contributed by atoms with Crippen molar-refractivity contribution >= 4 is 22.8 Å². The Morgan fingerprint density at radius 3 is 2.48 bits per heavy atom. The van der Waals surface area contributed by atoms with E-state index in [0.29, 0.717) is 11.1 Å². The first-order chi connectivity index (χ1) is 14.2. The Kier molecular flexibility index (Phi) is 3.95. The highest BCUT2D eigenvalue weighted by atomic mass is 16.6. The third-order valence-corrected chi connectivity index (χ3v) is 5.25. The summed E-state index contributed by atoms with van der Waals surface area (Å²) in [6, 6.07) is 24.7. The van der Waals surface area contributed by atoms with Crippen molar-refractivity contribution in [3.63, 3.8) is 0 Å². The third kappa shape index (κ3) is 2.70. The lowest BCUT2D eigenvalue weighted by Crippen LogP contribution is -2.11. The number of hydrogen-bond donors (Lipinski definition) is 0. The van der Waals surface area contributed by atoms with Crippen molar-refractivity contribution in [1.82, 2.24) is 4.57 Å². The molecule has 0 spiro atoms. The van der Waals surface area contributed by atoms with Gasteiger partial charge in [-0.3, -0.25) is 0 Å². The smallest absolute Gasteiger partial charge is 0.340 e. The lowest BCUT2D eigenvalue weighted by atomic mass is 10.1. The number of para-hydroxylation sites is 1. The van der Waals surface area contributed by atoms with Gasteiger partial charge in [0.15, 0.2) is 0 Å². The average Bonchev–Trinajstić information content (AvgIpc) is 3.31. The third-order valence-electron chi connectivity index (χ3n) is 5.25. The van der Waals surface area contributed by atoms with Gasteiger partial charge in [0.05, 0.1) is 29.4 Å². The van der Waals surface area contributed by atoms with E-state index in [2.05, 4.69) is 6.07 Å². The molecule has 5 rings (SSSR count). The van der Waals surface area contributed by atoms with Gasteiger partial charge in [-0.05, 0) is 35.9 Å². The van der Waals surface area contributed by atoms with Crippen LogP contribution in [0.4, 0.5) is 0 Å². The lowest BCUT2D eigenvalue weighted by molar-refractivity contribution is 0.0335. The summed E-state index contributed by atoms with van der Waals surface area (Å²) in [7, 11) is 1.36. The molecule has 0 fully saturated rings. The highest BCUT2D eigenvalue weighted by molar-refractivity contribution is 5.95. The number of aromatic nitrogens is 1. The van der Waals surface area contributed by atoms with Gasteiger partial charge in [0.2, 0.25) is 6.23 Å². The molecule has 0 saturated carbocycles. The summed E-state index contributed by atoms with van der Waals surface area (Å²) in [5.74, 6) is -0.703. The molecular weight excluding hydrogens is 366 g/mol. The fourth-order valence-corrected chi connectivity index (χ4v) is 3.86. The number of esters is 2. The Hall–Kier alpha value is -3.86. The number of cyclic esters (lactones) is 1. The fourth-order valence-electron chi connectivity index (χ4n) is 3.86. The van der Waals surface area contributed by atoms with E-state index in [1.54, 1.807) is 18.2 Å². The number of methoxy groups -OCH3 is 1. The molecule has 1 atom stereocenters. The number of carbonyl (C=O) groups excluding carboxylic acids is 2. The second-order valence-corrected chi connectivity index (χ2v) is 6.87. The zero-order valence-corrected chi connectivity index (χ0v) is 15.7. The molecule has 0 N–H and O–H groups in total. The number of nitrogens with zero attached hydrogens (tertiary/aromatic N) is 1. The minimum absolute atomic E-state index is 0.324. The Balaban J connectivity index is 1.70. The molecule has 1 aromatic heterocycles. The molecule has 1 aliphatic heterocycles. The summed E-state index contributed by atoms with van der Waals surface area (Å²) in [6.07, 6.45) is -0.547. The Labute approximate surface area is 167 Å². The van der Waals surface area contributed by atoms with Gasteiger partial charge in [0.25, 0.3) is 0 Å². The van der Waals surface area contributed by atoms with E-state index in [1.807, 2.05) is 59.2 Å². The quantitative estimate of drug-likeness (QED) is 0.476. The predicted molar refractivity (Wildman–Crippen MR) is 109 cm³/mol. The van der Waals surface area contributed by atoms with Crippen molar-refractivity contribution in [2.24, 2.45) is 0 Å². The highest BCUT2D eigenvalue weighted by Gasteiger charge is 2.34. The minimum Gasteiger partial charge on any atom is -0.465 e. The Morgan fingerprint density at radius 2 is 1.69 bits per heavy atom. The second-order valence-electron chi connectivity index (χ2n) is 6.87. The van der Waals surface area contributed by atoms with Gasteiger partial charge in [-0.15, -0.1) is 0 Å². The number of carbonyl (C=O) groups is 2. The van der Waals surface area contributed by atoms with Crippen LogP contribution in [0.1, 0.15) is 32.5 Å². The molecule has 0 radical (unpaired) electrons. The van der Waals surface area contributed by atoms with Gasteiger partial charge in [-0.25, -0.2) is 9.59 Å². The molecular formula is C24H17NO4. The number of ether oxygens (including phenoxy) is 2. The summed E-state index contributed by atoms with van der Waals surface area (Å²) >= 11 is 0. The van der Waals surface area contributed by atoms with Crippen molar-refractivity contribution < 1.29 is 19.1 Å². The minimum atomic E-state index is -0.547. The monoisotopic (exact) mass is 383 g/mol. The van der Waals surface area contributed by atoms with Crippen LogP contribution in [0.3, 0.4) is 0 Å². The number of rotatable bonds is 3. The van der Waals surface area contributed by atoms with E-state index in [4.69, 9.17) is 9.47 Å². The summed E-state index contributed by atoms with van der Waals surface area (Å²) in [5.41, 5.74) is 4.69.